The summed E-state index contributed by atoms with van der Waals surface area (Å²) < 4.78 is 5.28. The van der Waals surface area contributed by atoms with Crippen molar-refractivity contribution in [1.82, 2.24) is 4.98 Å². The van der Waals surface area contributed by atoms with Gasteiger partial charge in [-0.25, -0.2) is 4.98 Å². The number of hydrogen-bond acceptors (Lipinski definition) is 2. The van der Waals surface area contributed by atoms with Gasteiger partial charge in [0.1, 0.15) is 0 Å². The number of pyridine rings is 1. The second-order valence-electron chi connectivity index (χ2n) is 2.69. The molecule has 1 heterocycles. The van der Waals surface area contributed by atoms with Gasteiger partial charge in [-0.1, -0.05) is 13.3 Å². The highest BCUT2D eigenvalue weighted by molar-refractivity contribution is 5.20. The monoisotopic (exact) mass is 165 g/mol. The molecule has 12 heavy (non-hydrogen) atoms. The van der Waals surface area contributed by atoms with Gasteiger partial charge < -0.3 is 4.74 Å². The van der Waals surface area contributed by atoms with E-state index in [4.69, 9.17) is 4.74 Å². The van der Waals surface area contributed by atoms with Gasteiger partial charge in [-0.2, -0.15) is 0 Å². The van der Waals surface area contributed by atoms with Crippen molar-refractivity contribution in [1.29, 1.82) is 0 Å². The molecule has 0 amide bonds. The summed E-state index contributed by atoms with van der Waals surface area (Å²) in [5, 5.41) is 0. The van der Waals surface area contributed by atoms with Crippen LogP contribution < -0.4 is 4.74 Å². The van der Waals surface area contributed by atoms with Crippen molar-refractivity contribution in [3.8, 4) is 5.88 Å². The lowest BCUT2D eigenvalue weighted by Gasteiger charge is -2.03. The summed E-state index contributed by atoms with van der Waals surface area (Å²) >= 11 is 0. The Hall–Kier alpha value is -1.05. The van der Waals surface area contributed by atoms with Crippen molar-refractivity contribution in [2.24, 2.45) is 0 Å². The van der Waals surface area contributed by atoms with Crippen LogP contribution in [0.2, 0.25) is 0 Å². The molecule has 1 rings (SSSR count). The molecule has 0 unspecified atom stereocenters. The van der Waals surface area contributed by atoms with Crippen LogP contribution in [0.4, 0.5) is 0 Å². The maximum absolute atomic E-state index is 5.28. The predicted octanol–water partition coefficient (Wildman–Crippen LogP) is 2.43. The first-order valence-corrected chi connectivity index (χ1v) is 4.44. The zero-order valence-electron chi connectivity index (χ0n) is 7.71. The molecule has 0 atom stereocenters. The van der Waals surface area contributed by atoms with Crippen LogP contribution >= 0.6 is 0 Å². The first-order valence-electron chi connectivity index (χ1n) is 4.44. The Morgan fingerprint density at radius 2 is 2.25 bits per heavy atom. The molecule has 66 valence electrons. The van der Waals surface area contributed by atoms with Crippen LogP contribution in [0.15, 0.2) is 18.3 Å². The number of ether oxygens (including phenoxy) is 1. The molecular formula is C10H15NO. The third-order valence-electron chi connectivity index (χ3n) is 1.63. The third-order valence-corrected chi connectivity index (χ3v) is 1.63. The Morgan fingerprint density at radius 1 is 1.42 bits per heavy atom. The van der Waals surface area contributed by atoms with Gasteiger partial charge in [0.25, 0.3) is 0 Å². The highest BCUT2D eigenvalue weighted by Crippen LogP contribution is 2.10. The van der Waals surface area contributed by atoms with E-state index >= 15 is 0 Å². The lowest BCUT2D eigenvalue weighted by Crippen LogP contribution is -1.95. The fraction of sp³-hybridized carbons (Fsp3) is 0.500. The van der Waals surface area contributed by atoms with Gasteiger partial charge in [0.15, 0.2) is 0 Å². The molecule has 0 N–H and O–H groups in total. The van der Waals surface area contributed by atoms with Crippen LogP contribution in [0.5, 0.6) is 5.88 Å². The van der Waals surface area contributed by atoms with Crippen molar-refractivity contribution in [2.45, 2.75) is 26.7 Å². The smallest absolute Gasteiger partial charge is 0.213 e. The number of nitrogens with zero attached hydrogens (tertiary/aromatic N) is 1. The zero-order valence-corrected chi connectivity index (χ0v) is 7.71. The normalized spacial score (nSPS) is 9.83. The van der Waals surface area contributed by atoms with Crippen molar-refractivity contribution < 1.29 is 4.74 Å². The zero-order chi connectivity index (χ0) is 8.81. The average molecular weight is 165 g/mol. The molecule has 0 bridgehead atoms. The molecular weight excluding hydrogens is 150 g/mol. The number of aromatic nitrogens is 1. The summed E-state index contributed by atoms with van der Waals surface area (Å²) in [5.74, 6) is 0.739. The van der Waals surface area contributed by atoms with Gasteiger partial charge in [-0.15, -0.1) is 0 Å². The fourth-order valence-corrected chi connectivity index (χ4v) is 1.12. The van der Waals surface area contributed by atoms with E-state index < -0.39 is 0 Å². The average Bonchev–Trinajstić information content (AvgIpc) is 2.06. The van der Waals surface area contributed by atoms with E-state index in [1.54, 1.807) is 6.20 Å². The Kier molecular flexibility index (Phi) is 3.58. The van der Waals surface area contributed by atoms with E-state index in [-0.39, 0.29) is 0 Å². The molecule has 0 spiro atoms. The van der Waals surface area contributed by atoms with E-state index in [0.29, 0.717) is 6.61 Å². The van der Waals surface area contributed by atoms with E-state index in [9.17, 15) is 0 Å². The lowest BCUT2D eigenvalue weighted by atomic mass is 10.1. The van der Waals surface area contributed by atoms with Crippen molar-refractivity contribution in [3.05, 3.63) is 23.9 Å². The minimum Gasteiger partial charge on any atom is -0.478 e. The third kappa shape index (κ3) is 2.53. The van der Waals surface area contributed by atoms with E-state index in [1.165, 1.54) is 5.56 Å². The van der Waals surface area contributed by atoms with Gasteiger partial charge in [0.05, 0.1) is 6.61 Å². The van der Waals surface area contributed by atoms with Gasteiger partial charge in [-0.05, 0) is 25.0 Å². The predicted molar refractivity (Wildman–Crippen MR) is 49.4 cm³/mol. The Labute approximate surface area is 73.6 Å². The lowest BCUT2D eigenvalue weighted by molar-refractivity contribution is 0.326. The maximum atomic E-state index is 5.28. The van der Waals surface area contributed by atoms with Gasteiger partial charge >= 0.3 is 0 Å². The summed E-state index contributed by atoms with van der Waals surface area (Å²) in [6.45, 7) is 4.82. The van der Waals surface area contributed by atoms with Gasteiger partial charge in [-0.3, -0.25) is 0 Å². The Bertz CT molecular complexity index is 214. The van der Waals surface area contributed by atoms with Crippen LogP contribution in [-0.4, -0.2) is 11.6 Å². The largest absolute Gasteiger partial charge is 0.478 e. The summed E-state index contributed by atoms with van der Waals surface area (Å²) in [6.07, 6.45) is 4.06. The molecule has 2 heteroatoms. The maximum Gasteiger partial charge on any atom is 0.213 e. The first-order chi connectivity index (χ1) is 5.86. The molecule has 0 fully saturated rings. The van der Waals surface area contributed by atoms with Crippen molar-refractivity contribution in [3.63, 3.8) is 0 Å². The summed E-state index contributed by atoms with van der Waals surface area (Å²) in [5.41, 5.74) is 1.30. The number of aryl methyl sites for hydroxylation is 1. The molecule has 0 saturated carbocycles. The van der Waals surface area contributed by atoms with Crippen LogP contribution in [0.25, 0.3) is 0 Å². The second kappa shape index (κ2) is 4.75. The van der Waals surface area contributed by atoms with Gasteiger partial charge in [0.2, 0.25) is 5.88 Å². The van der Waals surface area contributed by atoms with Crippen LogP contribution in [-0.2, 0) is 6.42 Å². The van der Waals surface area contributed by atoms with Crippen molar-refractivity contribution in [2.75, 3.05) is 6.61 Å². The van der Waals surface area contributed by atoms with Crippen LogP contribution in [0.1, 0.15) is 25.8 Å². The topological polar surface area (TPSA) is 22.1 Å². The van der Waals surface area contributed by atoms with E-state index in [1.807, 2.05) is 19.1 Å². The van der Waals surface area contributed by atoms with E-state index in [2.05, 4.69) is 11.9 Å². The second-order valence-corrected chi connectivity index (χ2v) is 2.69. The van der Waals surface area contributed by atoms with Crippen LogP contribution in [0, 0.1) is 0 Å². The molecule has 1 aromatic heterocycles. The molecule has 0 aromatic carbocycles. The number of rotatable bonds is 4. The summed E-state index contributed by atoms with van der Waals surface area (Å²) in [4.78, 5) is 4.09. The van der Waals surface area contributed by atoms with Gasteiger partial charge in [0, 0.05) is 12.3 Å². The molecule has 1 aromatic rings. The Balaban J connectivity index is 2.67. The SMILES string of the molecule is CCCc1ccnc(OCC)c1. The summed E-state index contributed by atoms with van der Waals surface area (Å²) in [6, 6.07) is 4.04. The molecule has 2 nitrogen and oxygen atoms in total. The summed E-state index contributed by atoms with van der Waals surface area (Å²) in [7, 11) is 0. The number of hydrogen-bond donors (Lipinski definition) is 0. The molecule has 0 aliphatic heterocycles. The molecule has 0 aliphatic carbocycles. The van der Waals surface area contributed by atoms with Crippen LogP contribution in [0.3, 0.4) is 0 Å². The molecule has 0 aliphatic rings. The fourth-order valence-electron chi connectivity index (χ4n) is 1.12. The molecule has 0 radical (unpaired) electrons. The van der Waals surface area contributed by atoms with Crippen molar-refractivity contribution >= 4 is 0 Å². The first kappa shape index (κ1) is 9.04. The minimum atomic E-state index is 0.683. The minimum absolute atomic E-state index is 0.683. The quantitative estimate of drug-likeness (QED) is 0.683. The Morgan fingerprint density at radius 3 is 2.92 bits per heavy atom. The van der Waals surface area contributed by atoms with E-state index in [0.717, 1.165) is 18.7 Å². The highest BCUT2D eigenvalue weighted by atomic mass is 16.5. The molecule has 0 saturated heterocycles. The standard InChI is InChI=1S/C10H15NO/c1-3-5-9-6-7-11-10(8-9)12-4-2/h6-8H,3-5H2,1-2H3. The highest BCUT2D eigenvalue weighted by Gasteiger charge is 1.95.